The first-order valence-corrected chi connectivity index (χ1v) is 5.37. The van der Waals surface area contributed by atoms with E-state index in [0.29, 0.717) is 0 Å². The molecule has 0 heterocycles. The summed E-state index contributed by atoms with van der Waals surface area (Å²) in [7, 11) is 0.804. The quantitative estimate of drug-likeness (QED) is 0.506. The average Bonchev–Trinajstić information content (AvgIpc) is 2.09. The minimum absolute atomic E-state index is 0.804. The second-order valence-electron chi connectivity index (χ2n) is 1.84. The average molecular weight is 169 g/mol. The molecule has 1 aromatic rings. The molecule has 1 atom stereocenters. The minimum Gasteiger partial charge on any atom is -0.398 e. The molecule has 0 bridgehead atoms. The Balaban J connectivity index is 0.000000461. The molecule has 62 valence electrons. The molecular formula is C9H16NP. The van der Waals surface area contributed by atoms with Gasteiger partial charge in [0.15, 0.2) is 0 Å². The monoisotopic (exact) mass is 169 g/mol. The third-order valence-corrected chi connectivity index (χ3v) is 2.22. The maximum atomic E-state index is 5.64. The lowest BCUT2D eigenvalue weighted by Gasteiger charge is -1.98. The second-order valence-corrected chi connectivity index (χ2v) is 2.88. The van der Waals surface area contributed by atoms with Crippen molar-refractivity contribution in [3.63, 3.8) is 0 Å². The summed E-state index contributed by atoms with van der Waals surface area (Å²) in [6.45, 7) is 6.13. The third-order valence-electron chi connectivity index (χ3n) is 1.23. The summed E-state index contributed by atoms with van der Waals surface area (Å²) in [5, 5.41) is 1.26. The van der Waals surface area contributed by atoms with Crippen LogP contribution in [0.5, 0.6) is 0 Å². The van der Waals surface area contributed by atoms with Crippen LogP contribution < -0.4 is 11.0 Å². The van der Waals surface area contributed by atoms with Crippen LogP contribution in [0.4, 0.5) is 5.69 Å². The first-order chi connectivity index (χ1) is 5.34. The highest BCUT2D eigenvalue weighted by Gasteiger charge is 1.90. The molecule has 1 aromatic carbocycles. The molecule has 1 nitrogen and oxygen atoms in total. The molecule has 0 spiro atoms. The molecule has 0 aliphatic rings. The van der Waals surface area contributed by atoms with Crippen LogP contribution in [0.2, 0.25) is 0 Å². The molecule has 11 heavy (non-hydrogen) atoms. The highest BCUT2D eigenvalue weighted by molar-refractivity contribution is 7.46. The predicted molar refractivity (Wildman–Crippen MR) is 56.1 cm³/mol. The highest BCUT2D eigenvalue weighted by Crippen LogP contribution is 2.09. The van der Waals surface area contributed by atoms with Gasteiger partial charge in [0.1, 0.15) is 0 Å². The van der Waals surface area contributed by atoms with Crippen molar-refractivity contribution in [2.75, 3.05) is 12.4 Å². The Morgan fingerprint density at radius 3 is 2.09 bits per heavy atom. The smallest absolute Gasteiger partial charge is 0.0389 e. The van der Waals surface area contributed by atoms with E-state index >= 15 is 0 Å². The van der Waals surface area contributed by atoms with Gasteiger partial charge in [-0.15, -0.1) is 0 Å². The highest BCUT2D eigenvalue weighted by atomic mass is 31.1. The van der Waals surface area contributed by atoms with Gasteiger partial charge in [-0.25, -0.2) is 0 Å². The topological polar surface area (TPSA) is 26.0 Å². The van der Waals surface area contributed by atoms with Gasteiger partial charge in [0, 0.05) is 5.69 Å². The molecule has 0 aromatic heterocycles. The fourth-order valence-corrected chi connectivity index (χ4v) is 1.36. The fraction of sp³-hybridized carbons (Fsp3) is 0.333. The number of para-hydroxylation sites is 1. The summed E-state index contributed by atoms with van der Waals surface area (Å²) in [4.78, 5) is 0. The first-order valence-electron chi connectivity index (χ1n) is 3.87. The lowest BCUT2D eigenvalue weighted by atomic mass is 10.3. The van der Waals surface area contributed by atoms with Gasteiger partial charge in [-0.05, 0) is 18.0 Å². The van der Waals surface area contributed by atoms with Crippen molar-refractivity contribution < 1.29 is 0 Å². The van der Waals surface area contributed by atoms with Crippen molar-refractivity contribution in [1.29, 1.82) is 0 Å². The van der Waals surface area contributed by atoms with Gasteiger partial charge in [-0.1, -0.05) is 40.6 Å². The van der Waals surface area contributed by atoms with E-state index in [1.54, 1.807) is 0 Å². The normalized spacial score (nSPS) is 9.36. The van der Waals surface area contributed by atoms with Crippen molar-refractivity contribution in [1.82, 2.24) is 0 Å². The van der Waals surface area contributed by atoms with Crippen molar-refractivity contribution in [3.05, 3.63) is 24.3 Å². The molecule has 2 N–H and O–H groups in total. The molecule has 1 unspecified atom stereocenters. The van der Waals surface area contributed by atoms with E-state index < -0.39 is 0 Å². The molecule has 0 radical (unpaired) electrons. The molecule has 1 rings (SSSR count). The number of hydrogen-bond donors (Lipinski definition) is 1. The third kappa shape index (κ3) is 3.38. The van der Waals surface area contributed by atoms with E-state index in [1.165, 1.54) is 5.30 Å². The number of nitrogen functional groups attached to an aromatic ring is 1. The SMILES string of the molecule is CC.CPc1ccccc1N. The summed E-state index contributed by atoms with van der Waals surface area (Å²) in [5.74, 6) is 0. The van der Waals surface area contributed by atoms with Gasteiger partial charge in [0.25, 0.3) is 0 Å². The fourth-order valence-electron chi connectivity index (χ4n) is 0.725. The van der Waals surface area contributed by atoms with Crippen LogP contribution >= 0.6 is 8.58 Å². The van der Waals surface area contributed by atoms with E-state index in [-0.39, 0.29) is 0 Å². The molecule has 0 fully saturated rings. The zero-order valence-electron chi connectivity index (χ0n) is 7.39. The molecule has 0 saturated carbocycles. The van der Waals surface area contributed by atoms with Gasteiger partial charge >= 0.3 is 0 Å². The summed E-state index contributed by atoms with van der Waals surface area (Å²) in [6, 6.07) is 7.97. The molecular weight excluding hydrogens is 153 g/mol. The first kappa shape index (κ1) is 10.4. The van der Waals surface area contributed by atoms with Crippen LogP contribution in [-0.4, -0.2) is 6.66 Å². The molecule has 0 saturated heterocycles. The summed E-state index contributed by atoms with van der Waals surface area (Å²) in [5.41, 5.74) is 6.55. The van der Waals surface area contributed by atoms with Crippen molar-refractivity contribution in [2.45, 2.75) is 13.8 Å². The van der Waals surface area contributed by atoms with E-state index in [9.17, 15) is 0 Å². The summed E-state index contributed by atoms with van der Waals surface area (Å²) < 4.78 is 0. The lowest BCUT2D eigenvalue weighted by molar-refractivity contribution is 1.50. The number of nitrogens with two attached hydrogens (primary N) is 1. The van der Waals surface area contributed by atoms with E-state index in [0.717, 1.165) is 14.3 Å². The van der Waals surface area contributed by atoms with Crippen LogP contribution in [0.1, 0.15) is 13.8 Å². The van der Waals surface area contributed by atoms with Gasteiger partial charge < -0.3 is 5.73 Å². The molecule has 0 amide bonds. The Hall–Kier alpha value is -0.550. The Kier molecular flexibility index (Phi) is 5.87. The zero-order valence-corrected chi connectivity index (χ0v) is 8.39. The zero-order chi connectivity index (χ0) is 8.69. The minimum atomic E-state index is 0.804. The van der Waals surface area contributed by atoms with Gasteiger partial charge in [0.05, 0.1) is 0 Å². The Labute approximate surface area is 70.8 Å². The number of hydrogen-bond acceptors (Lipinski definition) is 1. The van der Waals surface area contributed by atoms with Crippen LogP contribution in [0.15, 0.2) is 24.3 Å². The van der Waals surface area contributed by atoms with Gasteiger partial charge in [0.2, 0.25) is 0 Å². The van der Waals surface area contributed by atoms with E-state index in [4.69, 9.17) is 5.73 Å². The Bertz CT molecular complexity index is 199. The van der Waals surface area contributed by atoms with E-state index in [2.05, 4.69) is 12.7 Å². The van der Waals surface area contributed by atoms with Crippen LogP contribution in [0, 0.1) is 0 Å². The standard InChI is InChI=1S/C7H10NP.C2H6/c1-9-7-5-3-2-4-6(7)8;1-2/h2-5,9H,8H2,1H3;1-2H3. The van der Waals surface area contributed by atoms with Crippen LogP contribution in [0.3, 0.4) is 0 Å². The van der Waals surface area contributed by atoms with Crippen LogP contribution in [0.25, 0.3) is 0 Å². The van der Waals surface area contributed by atoms with Crippen molar-refractivity contribution >= 4 is 19.6 Å². The summed E-state index contributed by atoms with van der Waals surface area (Å²) in [6.07, 6.45) is 0. The number of rotatable bonds is 1. The molecule has 2 heteroatoms. The summed E-state index contributed by atoms with van der Waals surface area (Å²) >= 11 is 0. The molecule has 0 aliphatic heterocycles. The maximum Gasteiger partial charge on any atom is 0.0389 e. The van der Waals surface area contributed by atoms with Gasteiger partial charge in [-0.3, -0.25) is 0 Å². The Morgan fingerprint density at radius 1 is 1.18 bits per heavy atom. The maximum absolute atomic E-state index is 5.64. The largest absolute Gasteiger partial charge is 0.398 e. The van der Waals surface area contributed by atoms with E-state index in [1.807, 2.05) is 32.0 Å². The van der Waals surface area contributed by atoms with Crippen LogP contribution in [-0.2, 0) is 0 Å². The van der Waals surface area contributed by atoms with Crippen molar-refractivity contribution in [3.8, 4) is 0 Å². The predicted octanol–water partition coefficient (Wildman–Crippen LogP) is 2.23. The van der Waals surface area contributed by atoms with Gasteiger partial charge in [-0.2, -0.15) is 0 Å². The van der Waals surface area contributed by atoms with Crippen molar-refractivity contribution in [2.24, 2.45) is 0 Å². The second kappa shape index (κ2) is 6.18. The number of benzene rings is 1. The molecule has 0 aliphatic carbocycles. The Morgan fingerprint density at radius 2 is 1.73 bits per heavy atom. The lowest BCUT2D eigenvalue weighted by Crippen LogP contribution is -2.01. The number of anilines is 1.